The van der Waals surface area contributed by atoms with Gasteiger partial charge in [0.2, 0.25) is 0 Å². The van der Waals surface area contributed by atoms with Crippen molar-refractivity contribution in [3.05, 3.63) is 0 Å². The fourth-order valence-electron chi connectivity index (χ4n) is 0. The maximum atomic E-state index is 4.73. The van der Waals surface area contributed by atoms with Gasteiger partial charge in [-0.1, -0.05) is 0 Å². The van der Waals surface area contributed by atoms with Crippen LogP contribution in [0.4, 0.5) is 0 Å². The van der Waals surface area contributed by atoms with Crippen LogP contribution in [0.3, 0.4) is 0 Å². The molecule has 0 spiro atoms. The summed E-state index contributed by atoms with van der Waals surface area (Å²) in [5.74, 6) is 0. The second-order valence-corrected chi connectivity index (χ2v) is 0. The minimum absolute atomic E-state index is 0. The Bertz CT molecular complexity index is 6.85. The van der Waals surface area contributed by atoms with Crippen LogP contribution in [0.5, 0.6) is 0 Å². The predicted molar refractivity (Wildman–Crippen MR) is 22.4 cm³/mol. The van der Waals surface area contributed by atoms with Crippen molar-refractivity contribution in [3.8, 4) is 0 Å². The zero-order chi connectivity index (χ0) is 2.00. The Labute approximate surface area is 47.0 Å². The summed E-state index contributed by atoms with van der Waals surface area (Å²) in [7, 11) is 4.73. The van der Waals surface area contributed by atoms with E-state index in [1.54, 1.807) is 0 Å². The summed E-state index contributed by atoms with van der Waals surface area (Å²) in [5.41, 5.74) is 0. The van der Waals surface area contributed by atoms with Gasteiger partial charge < -0.3 is 16.4 Å². The van der Waals surface area contributed by atoms with Crippen molar-refractivity contribution in [1.82, 2.24) is 0 Å². The van der Waals surface area contributed by atoms with Gasteiger partial charge in [-0.15, -0.1) is 0 Å². The molecule has 0 unspecified atom stereocenters. The zero-order valence-corrected chi connectivity index (χ0v) is 5.99. The first-order chi connectivity index (χ1) is 1.00. The second kappa shape index (κ2) is 83.4. The van der Waals surface area contributed by atoms with Gasteiger partial charge in [0, 0.05) is 0 Å². The molecule has 35 valence electrons. The maximum absolute atomic E-state index is 4.73. The van der Waals surface area contributed by atoms with Crippen LogP contribution < -0.4 is 0 Å². The van der Waals surface area contributed by atoms with Crippen LogP contribution >= 0.6 is 8.92 Å². The number of hydrogen-bond acceptors (Lipinski definition) is 0. The van der Waals surface area contributed by atoms with Gasteiger partial charge >= 0.3 is 30.3 Å². The van der Waals surface area contributed by atoms with E-state index in [4.69, 9.17) is 8.92 Å². The molecule has 5 heavy (non-hydrogen) atoms. The van der Waals surface area contributed by atoms with Crippen molar-refractivity contribution >= 4 is 30.3 Å². The number of halogens is 1. The van der Waals surface area contributed by atoms with Gasteiger partial charge in [-0.05, 0) is 0 Å². The molecule has 0 amide bonds. The summed E-state index contributed by atoms with van der Waals surface area (Å²) in [4.78, 5) is 0. The van der Waals surface area contributed by atoms with E-state index in [0.29, 0.717) is 0 Å². The Kier molecular flexibility index (Phi) is 634. The van der Waals surface area contributed by atoms with Crippen molar-refractivity contribution in [2.24, 2.45) is 0 Å². The molecule has 0 heterocycles. The Morgan fingerprint density at radius 3 is 0.800 bits per heavy atom. The molecule has 3 nitrogen and oxygen atoms in total. The third-order valence-electron chi connectivity index (χ3n) is 0. The summed E-state index contributed by atoms with van der Waals surface area (Å²) in [6, 6.07) is 0. The van der Waals surface area contributed by atoms with Crippen molar-refractivity contribution in [2.45, 2.75) is 0 Å². The summed E-state index contributed by atoms with van der Waals surface area (Å²) >= 11 is 1.02. The van der Waals surface area contributed by atoms with Crippen LogP contribution in [0.1, 0.15) is 0 Å². The summed E-state index contributed by atoms with van der Waals surface area (Å²) < 4.78 is 0. The van der Waals surface area contributed by atoms with Crippen molar-refractivity contribution in [2.75, 3.05) is 0 Å². The summed E-state index contributed by atoms with van der Waals surface area (Å²) in [6.07, 6.45) is 0. The third kappa shape index (κ3) is 46.7. The molecule has 0 aromatic carbocycles. The molecular weight excluding hydrogens is 202 g/mol. The molecule has 0 rings (SSSR count). The number of hydrogen-bond donors (Lipinski definition) is 0. The fraction of sp³-hybridized carbons (Fsp3) is 0. The van der Waals surface area contributed by atoms with Crippen LogP contribution in [0.15, 0.2) is 0 Å². The van der Waals surface area contributed by atoms with Crippen LogP contribution in [-0.4, -0.2) is 37.8 Å². The van der Waals surface area contributed by atoms with Gasteiger partial charge in [-0.25, -0.2) is 0 Å². The standard InChI is InChI=1S/ClH.3H2O.Sn/h1H;3*1H2;/q;;;;+1/p-1. The Balaban J connectivity index is -0.00000000167. The van der Waals surface area contributed by atoms with Crippen molar-refractivity contribution in [1.29, 1.82) is 0 Å². The van der Waals surface area contributed by atoms with Crippen molar-refractivity contribution < 1.29 is 16.4 Å². The SMILES string of the molecule is O.O.O.[Cl][Sn]. The van der Waals surface area contributed by atoms with Crippen LogP contribution in [-0.2, 0) is 0 Å². The molecule has 0 saturated heterocycles. The first kappa shape index (κ1) is 38.0. The third-order valence-corrected chi connectivity index (χ3v) is 0. The van der Waals surface area contributed by atoms with E-state index in [0.717, 1.165) is 21.4 Å². The molecule has 0 aromatic rings. The first-order valence-electron chi connectivity index (χ1n) is 0.189. The molecule has 3 radical (unpaired) electrons. The summed E-state index contributed by atoms with van der Waals surface area (Å²) in [6.45, 7) is 0. The average Bonchev–Trinajstić information content (AvgIpc) is 1.00. The van der Waals surface area contributed by atoms with Crippen LogP contribution in [0.2, 0.25) is 0 Å². The predicted octanol–water partition coefficient (Wildman–Crippen LogP) is -2.17. The van der Waals surface area contributed by atoms with Gasteiger partial charge in [0.15, 0.2) is 0 Å². The molecule has 0 atom stereocenters. The summed E-state index contributed by atoms with van der Waals surface area (Å²) in [5, 5.41) is 0. The molecule has 0 fully saturated rings. The molecule has 0 aliphatic heterocycles. The van der Waals surface area contributed by atoms with E-state index in [1.807, 2.05) is 0 Å². The van der Waals surface area contributed by atoms with Gasteiger partial charge in [-0.2, -0.15) is 0 Å². The van der Waals surface area contributed by atoms with E-state index in [2.05, 4.69) is 0 Å². The molecule has 0 aromatic heterocycles. The van der Waals surface area contributed by atoms with E-state index in [1.165, 1.54) is 0 Å². The van der Waals surface area contributed by atoms with Gasteiger partial charge in [0.25, 0.3) is 0 Å². The monoisotopic (exact) mass is 209 g/mol. The van der Waals surface area contributed by atoms with Gasteiger partial charge in [0.05, 0.1) is 0 Å². The minimum atomic E-state index is 0. The van der Waals surface area contributed by atoms with Gasteiger partial charge in [-0.3, -0.25) is 0 Å². The Morgan fingerprint density at radius 1 is 0.800 bits per heavy atom. The normalized spacial score (nSPS) is 1.20. The molecule has 0 bridgehead atoms. The van der Waals surface area contributed by atoms with E-state index in [9.17, 15) is 0 Å². The molecule has 5 heteroatoms. The van der Waals surface area contributed by atoms with Gasteiger partial charge in [0.1, 0.15) is 0 Å². The van der Waals surface area contributed by atoms with Crippen LogP contribution in [0, 0.1) is 0 Å². The zero-order valence-electron chi connectivity index (χ0n) is 2.38. The first-order valence-corrected chi connectivity index (χ1v) is 3.80. The quantitative estimate of drug-likeness (QED) is 0.405. The van der Waals surface area contributed by atoms with E-state index < -0.39 is 0 Å². The van der Waals surface area contributed by atoms with E-state index in [-0.39, 0.29) is 16.4 Å². The number of rotatable bonds is 0. The van der Waals surface area contributed by atoms with Crippen LogP contribution in [0.25, 0.3) is 0 Å². The Morgan fingerprint density at radius 2 is 0.800 bits per heavy atom. The average molecular weight is 208 g/mol. The topological polar surface area (TPSA) is 94.5 Å². The second-order valence-electron chi connectivity index (χ2n) is 0. The molecule has 0 aliphatic carbocycles. The fourth-order valence-corrected chi connectivity index (χ4v) is 0. The molecule has 0 aliphatic rings. The molecular formula is H6ClO3Sn. The van der Waals surface area contributed by atoms with Crippen molar-refractivity contribution in [3.63, 3.8) is 0 Å². The Hall–Kier alpha value is 0.969. The molecule has 6 N–H and O–H groups in total. The van der Waals surface area contributed by atoms with E-state index >= 15 is 0 Å². The molecule has 0 saturated carbocycles.